The van der Waals surface area contributed by atoms with Crippen molar-refractivity contribution in [2.75, 3.05) is 19.8 Å². The Morgan fingerprint density at radius 2 is 0.626 bits per heavy atom. The molecule has 0 aromatic rings. The molecule has 0 bridgehead atoms. The van der Waals surface area contributed by atoms with Gasteiger partial charge >= 0.3 is 0 Å². The van der Waals surface area contributed by atoms with Crippen molar-refractivity contribution in [2.24, 2.45) is 0 Å². The molecule has 2 aliphatic rings. The first-order valence-corrected chi connectivity index (χ1v) is 43.4. The summed E-state index contributed by atoms with van der Waals surface area (Å²) in [6.45, 7) is 2.89. The Morgan fingerprint density at radius 3 is 0.929 bits per heavy atom. The molecule has 0 aromatic carbocycles. The fraction of sp³-hybridized carbons (Fsp3) is 0.965. The van der Waals surface area contributed by atoms with Gasteiger partial charge in [-0.2, -0.15) is 0 Å². The highest BCUT2D eigenvalue weighted by molar-refractivity contribution is 5.76. The van der Waals surface area contributed by atoms with Crippen LogP contribution in [0.4, 0.5) is 0 Å². The Bertz CT molecular complexity index is 1710. The maximum Gasteiger partial charge on any atom is 0.220 e. The summed E-state index contributed by atoms with van der Waals surface area (Å²) < 4.78 is 23.0. The van der Waals surface area contributed by atoms with E-state index < -0.39 is 86.8 Å². The van der Waals surface area contributed by atoms with Crippen molar-refractivity contribution >= 4 is 5.91 Å². The predicted molar refractivity (Wildman–Crippen MR) is 411 cm³/mol. The van der Waals surface area contributed by atoms with E-state index in [4.69, 9.17) is 18.9 Å². The molecule has 9 N–H and O–H groups in total. The van der Waals surface area contributed by atoms with Crippen LogP contribution in [0.2, 0.25) is 0 Å². The van der Waals surface area contributed by atoms with E-state index in [2.05, 4.69) is 19.2 Å². The lowest BCUT2D eigenvalue weighted by molar-refractivity contribution is -0.359. The number of hydrogen-bond acceptors (Lipinski definition) is 13. The van der Waals surface area contributed by atoms with E-state index in [0.717, 1.165) is 44.9 Å². The number of rotatable bonds is 75. The van der Waals surface area contributed by atoms with Gasteiger partial charge in [0.1, 0.15) is 48.8 Å². The molecule has 0 spiro atoms. The highest BCUT2D eigenvalue weighted by Crippen LogP contribution is 2.31. The zero-order valence-electron chi connectivity index (χ0n) is 64.8. The second kappa shape index (κ2) is 69.8. The second-order valence-corrected chi connectivity index (χ2v) is 31.0. The average molecular weight is 1410 g/mol. The lowest BCUT2D eigenvalue weighted by Crippen LogP contribution is -2.65. The van der Waals surface area contributed by atoms with Gasteiger partial charge in [-0.15, -0.1) is 0 Å². The van der Waals surface area contributed by atoms with Gasteiger partial charge in [-0.1, -0.05) is 418 Å². The fourth-order valence-corrected chi connectivity index (χ4v) is 14.9. The summed E-state index contributed by atoms with van der Waals surface area (Å²) >= 11 is 0. The van der Waals surface area contributed by atoms with E-state index in [0.29, 0.717) is 0 Å². The molecule has 14 nitrogen and oxygen atoms in total. The molecule has 588 valence electrons. The van der Waals surface area contributed by atoms with Crippen molar-refractivity contribution in [1.29, 1.82) is 0 Å². The number of nitrogens with one attached hydrogen (secondary N) is 1. The van der Waals surface area contributed by atoms with Crippen LogP contribution in [-0.4, -0.2) is 140 Å². The minimum absolute atomic E-state index is 0.228. The highest BCUT2D eigenvalue weighted by atomic mass is 16.7. The number of carbonyl (C=O) groups excluding carboxylic acids is 1. The minimum atomic E-state index is -1.79. The van der Waals surface area contributed by atoms with Crippen molar-refractivity contribution in [2.45, 2.75) is 505 Å². The molecule has 2 fully saturated rings. The number of aliphatic hydroxyl groups excluding tert-OH is 8. The molecule has 2 rings (SSSR count). The SMILES string of the molecule is CCCCCCCCCCCCCCCCCCCCCCCCCCCCCCC/C=C/C(O)C(COC1OC(CO)C(OC2OC(CO)C(O)C(O)C2O)C(O)C1O)NC(=O)CCCCCCCCCCCCCCCCCCCCCCCCCCCCCCCCCCCC. The second-order valence-electron chi connectivity index (χ2n) is 31.0. The maximum absolute atomic E-state index is 13.4. The van der Waals surface area contributed by atoms with E-state index in [1.165, 1.54) is 366 Å². The molecule has 0 saturated carbocycles. The standard InChI is InChI=1S/C85H165NO13/c1-3-5-7-9-11-13-15-17-19-21-23-25-27-29-31-33-35-36-37-39-41-43-45-47-49-51-53-55-57-59-61-63-65-67-69-77(90)86-73(72-96-84-82(95)80(93)83(76(71-88)98-84)99-85-81(94)79(92)78(91)75(70-87)97-85)74(89)68-66-64-62-60-58-56-54-52-50-48-46-44-42-40-38-34-32-30-28-26-24-22-20-18-16-14-12-10-8-6-4-2/h66,68,73-76,78-85,87-89,91-95H,3-65,67,69-72H2,1-2H3,(H,86,90)/b68-66+. The number of amides is 1. The van der Waals surface area contributed by atoms with Crippen LogP contribution in [-0.2, 0) is 23.7 Å². The monoisotopic (exact) mass is 1410 g/mol. The Labute approximate surface area is 609 Å². The van der Waals surface area contributed by atoms with Gasteiger partial charge in [-0.3, -0.25) is 4.79 Å². The topological polar surface area (TPSA) is 228 Å². The van der Waals surface area contributed by atoms with Gasteiger partial charge in [0.2, 0.25) is 5.91 Å². The fourth-order valence-electron chi connectivity index (χ4n) is 14.9. The Morgan fingerprint density at radius 1 is 0.354 bits per heavy atom. The van der Waals surface area contributed by atoms with E-state index in [9.17, 15) is 45.6 Å². The van der Waals surface area contributed by atoms with Crippen molar-refractivity contribution in [3.8, 4) is 0 Å². The summed E-state index contributed by atoms with van der Waals surface area (Å²) in [5, 5.41) is 87.8. The molecular weight excluding hydrogens is 1240 g/mol. The molecule has 12 atom stereocenters. The minimum Gasteiger partial charge on any atom is -0.394 e. The quantitative estimate of drug-likeness (QED) is 0.0204. The van der Waals surface area contributed by atoms with Crippen molar-refractivity contribution < 1.29 is 64.6 Å². The third-order valence-corrected chi connectivity index (χ3v) is 21.7. The predicted octanol–water partition coefficient (Wildman–Crippen LogP) is 20.4. The van der Waals surface area contributed by atoms with Crippen LogP contribution in [0, 0.1) is 0 Å². The summed E-state index contributed by atoms with van der Waals surface area (Å²) in [5.74, 6) is -0.228. The van der Waals surface area contributed by atoms with Crippen LogP contribution in [0.5, 0.6) is 0 Å². The van der Waals surface area contributed by atoms with Gasteiger partial charge in [-0.05, 0) is 19.3 Å². The van der Waals surface area contributed by atoms with Gasteiger partial charge in [0.05, 0.1) is 32.0 Å². The van der Waals surface area contributed by atoms with E-state index in [1.807, 2.05) is 6.08 Å². The molecule has 12 unspecified atom stereocenters. The molecule has 14 heteroatoms. The van der Waals surface area contributed by atoms with Crippen LogP contribution >= 0.6 is 0 Å². The Kier molecular flexibility index (Phi) is 66.1. The molecule has 0 aromatic heterocycles. The van der Waals surface area contributed by atoms with Gasteiger partial charge in [-0.25, -0.2) is 0 Å². The molecular formula is C85H165NO13. The van der Waals surface area contributed by atoms with Crippen LogP contribution in [0.1, 0.15) is 431 Å². The smallest absolute Gasteiger partial charge is 0.220 e. The maximum atomic E-state index is 13.4. The summed E-state index contributed by atoms with van der Waals surface area (Å²) in [6, 6.07) is -0.913. The molecule has 0 radical (unpaired) electrons. The van der Waals surface area contributed by atoms with Crippen LogP contribution in [0.25, 0.3) is 0 Å². The first-order chi connectivity index (χ1) is 48.6. The van der Waals surface area contributed by atoms with Crippen LogP contribution < -0.4 is 5.32 Å². The third-order valence-electron chi connectivity index (χ3n) is 21.7. The first-order valence-electron chi connectivity index (χ1n) is 43.4. The number of allylic oxidation sites excluding steroid dienone is 1. The highest BCUT2D eigenvalue weighted by Gasteiger charge is 2.51. The normalized spacial score (nSPS) is 21.9. The molecule has 99 heavy (non-hydrogen) atoms. The molecule has 2 heterocycles. The number of carbonyl (C=O) groups is 1. The van der Waals surface area contributed by atoms with Crippen molar-refractivity contribution in [3.05, 3.63) is 12.2 Å². The number of ether oxygens (including phenoxy) is 4. The lowest BCUT2D eigenvalue weighted by atomic mass is 9.97. The summed E-state index contributed by atoms with van der Waals surface area (Å²) in [4.78, 5) is 13.4. The lowest BCUT2D eigenvalue weighted by Gasteiger charge is -2.46. The number of aliphatic hydroxyl groups is 8. The zero-order valence-corrected chi connectivity index (χ0v) is 64.8. The average Bonchev–Trinajstić information content (AvgIpc) is 0.799. The van der Waals surface area contributed by atoms with Gasteiger partial charge < -0.3 is 65.1 Å². The van der Waals surface area contributed by atoms with Gasteiger partial charge in [0, 0.05) is 6.42 Å². The zero-order chi connectivity index (χ0) is 71.5. The Hall–Kier alpha value is -1.27. The molecule has 1 amide bonds. The molecule has 2 saturated heterocycles. The Balaban J connectivity index is 1.58. The van der Waals surface area contributed by atoms with Crippen LogP contribution in [0.3, 0.4) is 0 Å². The van der Waals surface area contributed by atoms with E-state index in [-0.39, 0.29) is 18.9 Å². The van der Waals surface area contributed by atoms with Crippen LogP contribution in [0.15, 0.2) is 12.2 Å². The summed E-state index contributed by atoms with van der Waals surface area (Å²) in [6.07, 6.45) is 73.2. The third kappa shape index (κ3) is 52.4. The van der Waals surface area contributed by atoms with E-state index >= 15 is 0 Å². The molecule has 0 aliphatic carbocycles. The van der Waals surface area contributed by atoms with E-state index in [1.54, 1.807) is 6.08 Å². The summed E-state index contributed by atoms with van der Waals surface area (Å²) in [7, 11) is 0. The van der Waals surface area contributed by atoms with Crippen molar-refractivity contribution in [3.63, 3.8) is 0 Å². The van der Waals surface area contributed by atoms with Gasteiger partial charge in [0.25, 0.3) is 0 Å². The number of hydrogen-bond donors (Lipinski definition) is 9. The number of unbranched alkanes of at least 4 members (excludes halogenated alkanes) is 62. The summed E-state index contributed by atoms with van der Waals surface area (Å²) in [5.41, 5.74) is 0. The molecule has 2 aliphatic heterocycles. The first kappa shape index (κ1) is 93.8. The van der Waals surface area contributed by atoms with Gasteiger partial charge in [0.15, 0.2) is 12.6 Å². The van der Waals surface area contributed by atoms with Crippen molar-refractivity contribution in [1.82, 2.24) is 5.32 Å². The largest absolute Gasteiger partial charge is 0.394 e.